The highest BCUT2D eigenvalue weighted by atomic mass is 35.5. The van der Waals surface area contributed by atoms with Gasteiger partial charge in [0.25, 0.3) is 12.3 Å². The monoisotopic (exact) mass is 632 g/mol. The lowest BCUT2D eigenvalue weighted by atomic mass is 9.86. The maximum absolute atomic E-state index is 14.3. The van der Waals surface area contributed by atoms with Crippen LogP contribution in [-0.4, -0.2) is 58.7 Å². The Morgan fingerprint density at radius 1 is 1.14 bits per heavy atom. The first-order valence-electron chi connectivity index (χ1n) is 13.1. The van der Waals surface area contributed by atoms with Crippen LogP contribution in [0, 0.1) is 23.0 Å². The molecule has 14 heteroatoms. The summed E-state index contributed by atoms with van der Waals surface area (Å²) in [6.45, 7) is 0.823. The van der Waals surface area contributed by atoms with E-state index in [9.17, 15) is 32.3 Å². The van der Waals surface area contributed by atoms with Crippen molar-refractivity contribution in [1.29, 1.82) is 5.41 Å². The highest BCUT2D eigenvalue weighted by molar-refractivity contribution is 6.35. The summed E-state index contributed by atoms with van der Waals surface area (Å²) in [6.07, 6.45) is -0.433. The second-order valence-corrected chi connectivity index (χ2v) is 10.5. The molecule has 1 atom stereocenters. The van der Waals surface area contributed by atoms with Crippen LogP contribution in [0.5, 0.6) is 0 Å². The minimum absolute atomic E-state index is 0.00232. The van der Waals surface area contributed by atoms with Crippen molar-refractivity contribution in [2.75, 3.05) is 13.2 Å². The lowest BCUT2D eigenvalue weighted by molar-refractivity contribution is -0.149. The Balaban J connectivity index is 1.93. The third kappa shape index (κ3) is 8.65. The summed E-state index contributed by atoms with van der Waals surface area (Å²) in [5.74, 6) is -3.70. The molecule has 1 aliphatic rings. The number of carbonyl (C=O) groups excluding carboxylic acids is 2. The molecule has 3 rings (SSSR count). The standard InChI is InChI=1S/C28H30Cl2F4N4O4/c1-2-42-28(41)16-3-5-19(6-4-16)37-25(26(33)34)20(10-35)27(40)38(13-15-7-17(31)9-18(32)8-15)14-23(39)24-21(29)11-36-12-22(24)30/h7-12,16,19,23,26,35,37,39H,2-6,13-14H2,1H3/b25-20+,35-10?/t16-,19-,23?. The molecule has 228 valence electrons. The number of nitrogens with zero attached hydrogens (tertiary/aromatic N) is 2. The lowest BCUT2D eigenvalue weighted by Crippen LogP contribution is -2.41. The third-order valence-electron chi connectivity index (χ3n) is 6.79. The Morgan fingerprint density at radius 3 is 2.26 bits per heavy atom. The SMILES string of the molecule is CCOC(=O)[C@H]1CC[C@H](N/C(=C(\C=N)C(=O)N(Cc2cc(F)cc(F)c2)CC(O)c2c(Cl)cncc2Cl)C(F)F)CC1. The van der Waals surface area contributed by atoms with Gasteiger partial charge in [-0.3, -0.25) is 14.6 Å². The summed E-state index contributed by atoms with van der Waals surface area (Å²) in [5, 5.41) is 21.4. The molecule has 1 aromatic heterocycles. The predicted molar refractivity (Wildman–Crippen MR) is 148 cm³/mol. The van der Waals surface area contributed by atoms with Gasteiger partial charge in [0, 0.05) is 42.8 Å². The molecular weight excluding hydrogens is 603 g/mol. The molecule has 0 bridgehead atoms. The number of rotatable bonds is 12. The Kier molecular flexibility index (Phi) is 12.1. The van der Waals surface area contributed by atoms with Crippen molar-refractivity contribution in [2.45, 2.75) is 57.7 Å². The van der Waals surface area contributed by atoms with E-state index in [-0.39, 0.29) is 39.7 Å². The van der Waals surface area contributed by atoms with Crippen LogP contribution in [0.4, 0.5) is 17.6 Å². The number of halogens is 6. The second-order valence-electron chi connectivity index (χ2n) is 9.71. The predicted octanol–water partition coefficient (Wildman–Crippen LogP) is 5.61. The molecule has 0 radical (unpaired) electrons. The molecule has 0 aliphatic heterocycles. The number of aliphatic hydroxyl groups excluding tert-OH is 1. The summed E-state index contributed by atoms with van der Waals surface area (Å²) < 4.78 is 61.6. The Hall–Kier alpha value is -3.22. The molecule has 1 amide bonds. The Bertz CT molecular complexity index is 1280. The van der Waals surface area contributed by atoms with Crippen LogP contribution in [0.1, 0.15) is 49.8 Å². The fraction of sp³-hybridized carbons (Fsp3) is 0.429. The van der Waals surface area contributed by atoms with E-state index in [1.807, 2.05) is 0 Å². The van der Waals surface area contributed by atoms with Gasteiger partial charge < -0.3 is 25.5 Å². The molecule has 1 heterocycles. The molecule has 0 saturated heterocycles. The number of aliphatic hydroxyl groups is 1. The molecule has 3 N–H and O–H groups in total. The number of allylic oxidation sites excluding steroid dienone is 1. The number of hydrogen-bond donors (Lipinski definition) is 3. The quantitative estimate of drug-likeness (QED) is 0.121. The molecular formula is C28H30Cl2F4N4O4. The smallest absolute Gasteiger partial charge is 0.308 e. The van der Waals surface area contributed by atoms with Gasteiger partial charge in [-0.05, 0) is 50.3 Å². The van der Waals surface area contributed by atoms with Crippen molar-refractivity contribution in [1.82, 2.24) is 15.2 Å². The van der Waals surface area contributed by atoms with Crippen LogP contribution in [0.3, 0.4) is 0 Å². The highest BCUT2D eigenvalue weighted by Crippen LogP contribution is 2.31. The third-order valence-corrected chi connectivity index (χ3v) is 7.39. The first kappa shape index (κ1) is 33.3. The number of ether oxygens (including phenoxy) is 1. The van der Waals surface area contributed by atoms with Crippen LogP contribution >= 0.6 is 23.2 Å². The van der Waals surface area contributed by atoms with Gasteiger partial charge in [0.15, 0.2) is 0 Å². The molecule has 1 fully saturated rings. The number of pyridine rings is 1. The van der Waals surface area contributed by atoms with Crippen molar-refractivity contribution in [3.8, 4) is 0 Å². The molecule has 8 nitrogen and oxygen atoms in total. The van der Waals surface area contributed by atoms with Crippen LogP contribution in [0.15, 0.2) is 41.9 Å². The average molecular weight is 633 g/mol. The molecule has 0 spiro atoms. The first-order valence-corrected chi connectivity index (χ1v) is 13.9. The zero-order valence-electron chi connectivity index (χ0n) is 22.6. The topological polar surface area (TPSA) is 116 Å². The van der Waals surface area contributed by atoms with Crippen molar-refractivity contribution in [3.05, 3.63) is 74.7 Å². The van der Waals surface area contributed by atoms with E-state index < -0.39 is 60.5 Å². The van der Waals surface area contributed by atoms with Gasteiger partial charge in [-0.2, -0.15) is 0 Å². The molecule has 1 aromatic carbocycles. The highest BCUT2D eigenvalue weighted by Gasteiger charge is 2.32. The summed E-state index contributed by atoms with van der Waals surface area (Å²) in [6, 6.07) is 2.00. The van der Waals surface area contributed by atoms with Gasteiger partial charge in [0.1, 0.15) is 11.6 Å². The lowest BCUT2D eigenvalue weighted by Gasteiger charge is -2.31. The number of benzene rings is 1. The van der Waals surface area contributed by atoms with E-state index in [0.717, 1.165) is 17.0 Å². The van der Waals surface area contributed by atoms with E-state index >= 15 is 0 Å². The minimum atomic E-state index is -3.20. The van der Waals surface area contributed by atoms with E-state index in [0.29, 0.717) is 38.0 Å². The van der Waals surface area contributed by atoms with Crippen LogP contribution in [0.2, 0.25) is 10.0 Å². The summed E-state index contributed by atoms with van der Waals surface area (Å²) in [7, 11) is 0. The number of hydrogen-bond acceptors (Lipinski definition) is 7. The zero-order chi connectivity index (χ0) is 31.0. The number of alkyl halides is 2. The summed E-state index contributed by atoms with van der Waals surface area (Å²) in [4.78, 5) is 30.4. The number of esters is 1. The molecule has 1 saturated carbocycles. The summed E-state index contributed by atoms with van der Waals surface area (Å²) in [5.41, 5.74) is -1.57. The van der Waals surface area contributed by atoms with Crippen molar-refractivity contribution in [2.24, 2.45) is 5.92 Å². The number of aromatic nitrogens is 1. The van der Waals surface area contributed by atoms with Crippen LogP contribution in [0.25, 0.3) is 0 Å². The fourth-order valence-corrected chi connectivity index (χ4v) is 5.43. The fourth-order valence-electron chi connectivity index (χ4n) is 4.82. The zero-order valence-corrected chi connectivity index (χ0v) is 24.1. The molecule has 1 unspecified atom stereocenters. The normalized spacial score (nSPS) is 18.2. The molecule has 42 heavy (non-hydrogen) atoms. The van der Waals surface area contributed by atoms with E-state index in [1.165, 1.54) is 12.4 Å². The van der Waals surface area contributed by atoms with Gasteiger partial charge in [-0.1, -0.05) is 23.2 Å². The molecule has 1 aliphatic carbocycles. The second kappa shape index (κ2) is 15.3. The molecule has 2 aromatic rings. The Labute approximate surface area is 250 Å². The first-order chi connectivity index (χ1) is 19.9. The van der Waals surface area contributed by atoms with E-state index in [2.05, 4.69) is 10.3 Å². The van der Waals surface area contributed by atoms with Gasteiger partial charge in [-0.15, -0.1) is 0 Å². The van der Waals surface area contributed by atoms with Crippen LogP contribution in [-0.2, 0) is 20.9 Å². The van der Waals surface area contributed by atoms with E-state index in [1.54, 1.807) is 6.92 Å². The van der Waals surface area contributed by atoms with Gasteiger partial charge >= 0.3 is 5.97 Å². The minimum Gasteiger partial charge on any atom is -0.466 e. The maximum atomic E-state index is 14.3. The summed E-state index contributed by atoms with van der Waals surface area (Å²) >= 11 is 12.3. The van der Waals surface area contributed by atoms with E-state index in [4.69, 9.17) is 33.3 Å². The largest absolute Gasteiger partial charge is 0.466 e. The number of amides is 1. The maximum Gasteiger partial charge on any atom is 0.308 e. The number of nitrogens with one attached hydrogen (secondary N) is 2. The number of carbonyl (C=O) groups is 2. The van der Waals surface area contributed by atoms with Crippen LogP contribution < -0.4 is 5.32 Å². The van der Waals surface area contributed by atoms with Gasteiger partial charge in [0.05, 0.1) is 46.5 Å². The average Bonchev–Trinajstić information content (AvgIpc) is 2.92. The Morgan fingerprint density at radius 2 is 1.74 bits per heavy atom. The van der Waals surface area contributed by atoms with Gasteiger partial charge in [0.2, 0.25) is 0 Å². The van der Waals surface area contributed by atoms with Crippen molar-refractivity contribution >= 4 is 41.3 Å². The van der Waals surface area contributed by atoms with Crippen molar-refractivity contribution < 1.29 is 37.0 Å². The van der Waals surface area contributed by atoms with Gasteiger partial charge in [-0.25, -0.2) is 17.6 Å². The van der Waals surface area contributed by atoms with Crippen molar-refractivity contribution in [3.63, 3.8) is 0 Å².